The van der Waals surface area contributed by atoms with Gasteiger partial charge in [0, 0.05) is 24.9 Å². The van der Waals surface area contributed by atoms with Gasteiger partial charge in [-0.25, -0.2) is 0 Å². The van der Waals surface area contributed by atoms with Gasteiger partial charge < -0.3 is 5.32 Å². The SMILES string of the molecule is CC(=O)Nc1cccc(-n2cnnc2SCCCCN2C(=O)c3ccccc3C2=O)c1. The van der Waals surface area contributed by atoms with Crippen molar-refractivity contribution in [3.8, 4) is 5.69 Å². The van der Waals surface area contributed by atoms with Crippen LogP contribution in [0.3, 0.4) is 0 Å². The molecule has 1 aliphatic heterocycles. The average molecular weight is 436 g/mol. The molecule has 2 aromatic carbocycles. The van der Waals surface area contributed by atoms with Crippen LogP contribution in [0.2, 0.25) is 0 Å². The third kappa shape index (κ3) is 4.51. The molecular formula is C22H21N5O3S. The lowest BCUT2D eigenvalue weighted by Crippen LogP contribution is -2.30. The highest BCUT2D eigenvalue weighted by Gasteiger charge is 2.34. The lowest BCUT2D eigenvalue weighted by molar-refractivity contribution is -0.114. The summed E-state index contributed by atoms with van der Waals surface area (Å²) >= 11 is 1.55. The van der Waals surface area contributed by atoms with Crippen LogP contribution >= 0.6 is 11.8 Å². The number of thioether (sulfide) groups is 1. The molecule has 9 heteroatoms. The zero-order valence-electron chi connectivity index (χ0n) is 16.9. The zero-order valence-corrected chi connectivity index (χ0v) is 17.8. The molecule has 0 bridgehead atoms. The first-order valence-corrected chi connectivity index (χ1v) is 10.9. The largest absolute Gasteiger partial charge is 0.326 e. The summed E-state index contributed by atoms with van der Waals surface area (Å²) in [6.45, 7) is 1.87. The number of amides is 3. The monoisotopic (exact) mass is 435 g/mol. The molecule has 0 atom stereocenters. The molecule has 2 heterocycles. The van der Waals surface area contributed by atoms with Gasteiger partial charge in [0.2, 0.25) is 5.91 Å². The number of carbonyl (C=O) groups excluding carboxylic acids is 3. The number of hydrogen-bond donors (Lipinski definition) is 1. The normalized spacial score (nSPS) is 12.9. The number of nitrogens with zero attached hydrogens (tertiary/aromatic N) is 4. The molecule has 3 aromatic rings. The van der Waals surface area contributed by atoms with E-state index in [4.69, 9.17) is 0 Å². The molecule has 0 saturated heterocycles. The maximum atomic E-state index is 12.4. The Bertz CT molecular complexity index is 1110. The molecule has 3 amide bonds. The van der Waals surface area contributed by atoms with Crippen LogP contribution in [0, 0.1) is 0 Å². The number of hydrogen-bond acceptors (Lipinski definition) is 6. The van der Waals surface area contributed by atoms with Crippen LogP contribution in [0.5, 0.6) is 0 Å². The number of unbranched alkanes of at least 4 members (excludes halogenated alkanes) is 1. The van der Waals surface area contributed by atoms with Crippen molar-refractivity contribution in [2.75, 3.05) is 17.6 Å². The molecular weight excluding hydrogens is 414 g/mol. The van der Waals surface area contributed by atoms with E-state index in [0.29, 0.717) is 29.8 Å². The van der Waals surface area contributed by atoms with Gasteiger partial charge in [0.05, 0.1) is 16.8 Å². The third-order valence-corrected chi connectivity index (χ3v) is 5.88. The van der Waals surface area contributed by atoms with Crippen LogP contribution in [0.4, 0.5) is 5.69 Å². The van der Waals surface area contributed by atoms with E-state index < -0.39 is 0 Å². The number of carbonyl (C=O) groups is 3. The average Bonchev–Trinajstić information content (AvgIpc) is 3.32. The predicted octanol–water partition coefficient (Wildman–Crippen LogP) is 3.39. The second-order valence-corrected chi connectivity index (χ2v) is 8.14. The first kappa shape index (κ1) is 20.8. The summed E-state index contributed by atoms with van der Waals surface area (Å²) in [6, 6.07) is 14.4. The Balaban J connectivity index is 1.30. The van der Waals surface area contributed by atoms with Gasteiger partial charge >= 0.3 is 0 Å². The van der Waals surface area contributed by atoms with Crippen molar-refractivity contribution in [3.63, 3.8) is 0 Å². The highest BCUT2D eigenvalue weighted by molar-refractivity contribution is 7.99. The van der Waals surface area contributed by atoms with Crippen LogP contribution < -0.4 is 5.32 Å². The van der Waals surface area contributed by atoms with Gasteiger partial charge in [0.1, 0.15) is 6.33 Å². The van der Waals surface area contributed by atoms with E-state index in [2.05, 4.69) is 15.5 Å². The standard InChI is InChI=1S/C22H21N5O3S/c1-15(28)24-16-7-6-8-17(13-16)27-14-23-25-22(27)31-12-5-4-11-26-20(29)18-9-2-3-10-19(18)21(26)30/h2-3,6-10,13-14H,4-5,11-12H2,1H3,(H,24,28). The fraction of sp³-hybridized carbons (Fsp3) is 0.227. The Hall–Kier alpha value is -3.46. The van der Waals surface area contributed by atoms with Crippen LogP contribution in [0.1, 0.15) is 40.5 Å². The minimum Gasteiger partial charge on any atom is -0.326 e. The van der Waals surface area contributed by atoms with E-state index in [0.717, 1.165) is 23.0 Å². The lowest BCUT2D eigenvalue weighted by atomic mass is 10.1. The summed E-state index contributed by atoms with van der Waals surface area (Å²) in [5.74, 6) is 0.209. The number of rotatable bonds is 8. The highest BCUT2D eigenvalue weighted by atomic mass is 32.2. The van der Waals surface area contributed by atoms with E-state index in [1.54, 1.807) is 42.4 Å². The van der Waals surface area contributed by atoms with Crippen molar-refractivity contribution >= 4 is 35.2 Å². The van der Waals surface area contributed by atoms with Crippen LogP contribution in [0.15, 0.2) is 60.0 Å². The number of benzene rings is 2. The maximum Gasteiger partial charge on any atom is 0.261 e. The molecule has 1 N–H and O–H groups in total. The number of nitrogens with one attached hydrogen (secondary N) is 1. The molecule has 1 aliphatic rings. The van der Waals surface area contributed by atoms with Gasteiger partial charge in [-0.05, 0) is 43.2 Å². The molecule has 31 heavy (non-hydrogen) atoms. The van der Waals surface area contributed by atoms with E-state index in [1.165, 1.54) is 11.8 Å². The fourth-order valence-corrected chi connectivity index (χ4v) is 4.34. The Kier molecular flexibility index (Phi) is 6.13. The predicted molar refractivity (Wildman–Crippen MR) is 117 cm³/mol. The first-order chi connectivity index (χ1) is 15.0. The number of anilines is 1. The van der Waals surface area contributed by atoms with Gasteiger partial charge in [-0.2, -0.15) is 0 Å². The molecule has 8 nitrogen and oxygen atoms in total. The van der Waals surface area contributed by atoms with Gasteiger partial charge in [-0.1, -0.05) is 30.0 Å². The molecule has 0 aliphatic carbocycles. The van der Waals surface area contributed by atoms with E-state index in [-0.39, 0.29) is 17.7 Å². The highest BCUT2D eigenvalue weighted by Crippen LogP contribution is 2.25. The Morgan fingerprint density at radius 1 is 1.03 bits per heavy atom. The molecule has 158 valence electrons. The third-order valence-electron chi connectivity index (χ3n) is 4.85. The molecule has 0 fully saturated rings. The van der Waals surface area contributed by atoms with Gasteiger partial charge in [-0.3, -0.25) is 23.9 Å². The van der Waals surface area contributed by atoms with Crippen molar-refractivity contribution in [1.82, 2.24) is 19.7 Å². The van der Waals surface area contributed by atoms with E-state index in [1.807, 2.05) is 28.8 Å². The van der Waals surface area contributed by atoms with Gasteiger partial charge in [0.15, 0.2) is 5.16 Å². The summed E-state index contributed by atoms with van der Waals surface area (Å²) in [6.07, 6.45) is 3.16. The van der Waals surface area contributed by atoms with Crippen molar-refractivity contribution in [3.05, 3.63) is 66.0 Å². The van der Waals surface area contributed by atoms with Crippen LogP contribution in [-0.2, 0) is 4.79 Å². The summed E-state index contributed by atoms with van der Waals surface area (Å²) in [4.78, 5) is 37.4. The fourth-order valence-electron chi connectivity index (χ4n) is 3.41. The molecule has 0 spiro atoms. The minimum atomic E-state index is -0.216. The number of imide groups is 1. The molecule has 0 saturated carbocycles. The Labute approximate surface area is 183 Å². The quantitative estimate of drug-likeness (QED) is 0.331. The van der Waals surface area contributed by atoms with Crippen LogP contribution in [0.25, 0.3) is 5.69 Å². The van der Waals surface area contributed by atoms with Crippen molar-refractivity contribution < 1.29 is 14.4 Å². The van der Waals surface area contributed by atoms with Crippen LogP contribution in [-0.4, -0.2) is 49.7 Å². The Morgan fingerprint density at radius 3 is 2.48 bits per heavy atom. The zero-order chi connectivity index (χ0) is 21.8. The lowest BCUT2D eigenvalue weighted by Gasteiger charge is -2.13. The summed E-state index contributed by atoms with van der Waals surface area (Å²) < 4.78 is 1.86. The molecule has 4 rings (SSSR count). The maximum absolute atomic E-state index is 12.4. The van der Waals surface area contributed by atoms with Gasteiger partial charge in [-0.15, -0.1) is 10.2 Å². The molecule has 0 unspecified atom stereocenters. The number of aromatic nitrogens is 3. The second kappa shape index (κ2) is 9.13. The summed E-state index contributed by atoms with van der Waals surface area (Å²) in [7, 11) is 0. The van der Waals surface area contributed by atoms with Crippen molar-refractivity contribution in [2.24, 2.45) is 0 Å². The van der Waals surface area contributed by atoms with Gasteiger partial charge in [0.25, 0.3) is 11.8 Å². The topological polar surface area (TPSA) is 97.2 Å². The first-order valence-electron chi connectivity index (χ1n) is 9.90. The van der Waals surface area contributed by atoms with E-state index >= 15 is 0 Å². The molecule has 0 radical (unpaired) electrons. The van der Waals surface area contributed by atoms with E-state index in [9.17, 15) is 14.4 Å². The molecule has 1 aromatic heterocycles. The smallest absolute Gasteiger partial charge is 0.261 e. The number of fused-ring (bicyclic) bond motifs is 1. The summed E-state index contributed by atoms with van der Waals surface area (Å²) in [5, 5.41) is 11.7. The summed E-state index contributed by atoms with van der Waals surface area (Å²) in [5.41, 5.74) is 2.52. The Morgan fingerprint density at radius 2 is 1.77 bits per heavy atom. The van der Waals surface area contributed by atoms with Crippen molar-refractivity contribution in [2.45, 2.75) is 24.9 Å². The second-order valence-electron chi connectivity index (χ2n) is 7.08. The van der Waals surface area contributed by atoms with Crippen molar-refractivity contribution in [1.29, 1.82) is 0 Å². The minimum absolute atomic E-state index is 0.131.